The third-order valence-corrected chi connectivity index (χ3v) is 3.29. The molecule has 1 aromatic heterocycles. The molecule has 11 nitrogen and oxygen atoms in total. The molecule has 24 heavy (non-hydrogen) atoms. The molecule has 2 rings (SSSR count). The topological polar surface area (TPSA) is 153 Å². The first-order chi connectivity index (χ1) is 11.2. The van der Waals surface area contributed by atoms with Crippen LogP contribution in [0.3, 0.4) is 0 Å². The minimum absolute atomic E-state index is 0.0124. The maximum Gasteiger partial charge on any atom is 0.312 e. The molecule has 0 fully saturated rings. The van der Waals surface area contributed by atoms with Gasteiger partial charge in [0.05, 0.1) is 21.6 Å². The van der Waals surface area contributed by atoms with E-state index < -0.39 is 21.5 Å². The van der Waals surface area contributed by atoms with Crippen LogP contribution in [-0.2, 0) is 11.3 Å². The molecule has 11 heteroatoms. The molecule has 0 saturated heterocycles. The van der Waals surface area contributed by atoms with E-state index in [0.717, 1.165) is 12.1 Å². The van der Waals surface area contributed by atoms with Crippen LogP contribution in [-0.4, -0.2) is 30.6 Å². The number of phenols is 1. The van der Waals surface area contributed by atoms with Gasteiger partial charge in [-0.3, -0.25) is 29.7 Å². The number of aromatic hydroxyl groups is 1. The number of carbonyl (C=O) groups is 1. The van der Waals surface area contributed by atoms with Crippen LogP contribution in [0.4, 0.5) is 17.1 Å². The first-order valence-electron chi connectivity index (χ1n) is 6.66. The normalized spacial score (nSPS) is 10.4. The molecule has 0 spiro atoms. The van der Waals surface area contributed by atoms with E-state index >= 15 is 0 Å². The Morgan fingerprint density at radius 2 is 1.96 bits per heavy atom. The fourth-order valence-electron chi connectivity index (χ4n) is 2.17. The lowest BCUT2D eigenvalue weighted by atomic mass is 10.2. The highest BCUT2D eigenvalue weighted by Gasteiger charge is 2.23. The maximum atomic E-state index is 12.0. The molecule has 0 atom stereocenters. The molecule has 0 bridgehead atoms. The van der Waals surface area contributed by atoms with E-state index in [-0.39, 0.29) is 35.0 Å². The smallest absolute Gasteiger partial charge is 0.312 e. The van der Waals surface area contributed by atoms with Crippen molar-refractivity contribution in [3.63, 3.8) is 0 Å². The lowest BCUT2D eigenvalue weighted by molar-refractivity contribution is -0.386. The molecule has 126 valence electrons. The number of hydrogen-bond acceptors (Lipinski definition) is 7. The van der Waals surface area contributed by atoms with Crippen LogP contribution < -0.4 is 5.32 Å². The summed E-state index contributed by atoms with van der Waals surface area (Å²) in [5, 5.41) is 37.5. The van der Waals surface area contributed by atoms with Crippen molar-refractivity contribution in [2.24, 2.45) is 0 Å². The zero-order chi connectivity index (χ0) is 18.0. The Bertz CT molecular complexity index is 844. The monoisotopic (exact) mass is 335 g/mol. The number of nitrogens with one attached hydrogen (secondary N) is 1. The third-order valence-electron chi connectivity index (χ3n) is 3.29. The van der Waals surface area contributed by atoms with Crippen molar-refractivity contribution in [1.29, 1.82) is 0 Å². The van der Waals surface area contributed by atoms with Gasteiger partial charge in [-0.15, -0.1) is 0 Å². The van der Waals surface area contributed by atoms with Gasteiger partial charge in [-0.25, -0.2) is 0 Å². The van der Waals surface area contributed by atoms with Crippen LogP contribution in [0.1, 0.15) is 11.4 Å². The van der Waals surface area contributed by atoms with Crippen LogP contribution in [0.2, 0.25) is 0 Å². The SMILES string of the molecule is Cc1nn(CC(=O)Nc2ccc([N+](=O)[O-])cc2O)c(C)c1[N+](=O)[O-]. The number of hydrogen-bond donors (Lipinski definition) is 2. The zero-order valence-electron chi connectivity index (χ0n) is 12.7. The Morgan fingerprint density at radius 3 is 2.46 bits per heavy atom. The lowest BCUT2D eigenvalue weighted by Gasteiger charge is -2.08. The van der Waals surface area contributed by atoms with Gasteiger partial charge < -0.3 is 10.4 Å². The number of nitro benzene ring substituents is 1. The summed E-state index contributed by atoms with van der Waals surface area (Å²) in [6.07, 6.45) is 0. The van der Waals surface area contributed by atoms with E-state index in [1.54, 1.807) is 0 Å². The summed E-state index contributed by atoms with van der Waals surface area (Å²) in [5.41, 5.74) is -0.0914. The molecular formula is C13H13N5O6. The molecule has 0 radical (unpaired) electrons. The van der Waals surface area contributed by atoms with Crippen molar-refractivity contribution in [3.05, 3.63) is 49.8 Å². The highest BCUT2D eigenvalue weighted by atomic mass is 16.6. The number of anilines is 1. The largest absolute Gasteiger partial charge is 0.506 e. The van der Waals surface area contributed by atoms with Crippen molar-refractivity contribution >= 4 is 23.0 Å². The first-order valence-corrected chi connectivity index (χ1v) is 6.66. The van der Waals surface area contributed by atoms with E-state index in [9.17, 15) is 30.1 Å². The molecule has 1 amide bonds. The number of non-ortho nitro benzene ring substituents is 1. The van der Waals surface area contributed by atoms with Gasteiger partial charge in [0.15, 0.2) is 0 Å². The summed E-state index contributed by atoms with van der Waals surface area (Å²) < 4.78 is 1.17. The van der Waals surface area contributed by atoms with E-state index in [2.05, 4.69) is 10.4 Å². The minimum Gasteiger partial charge on any atom is -0.506 e. The summed E-state index contributed by atoms with van der Waals surface area (Å²) in [7, 11) is 0. The molecule has 0 aliphatic carbocycles. The molecule has 2 N–H and O–H groups in total. The summed E-state index contributed by atoms with van der Waals surface area (Å²) in [5.74, 6) is -1.06. The number of phenolic OH excluding ortho intramolecular Hbond substituents is 1. The number of nitro groups is 2. The second kappa shape index (κ2) is 6.32. The van der Waals surface area contributed by atoms with Gasteiger partial charge in [0, 0.05) is 6.07 Å². The Morgan fingerprint density at radius 1 is 1.29 bits per heavy atom. The summed E-state index contributed by atoms with van der Waals surface area (Å²) in [6.45, 7) is 2.62. The van der Waals surface area contributed by atoms with Gasteiger partial charge >= 0.3 is 5.69 Å². The molecule has 2 aromatic rings. The van der Waals surface area contributed by atoms with Crippen molar-refractivity contribution in [3.8, 4) is 5.75 Å². The zero-order valence-corrected chi connectivity index (χ0v) is 12.7. The van der Waals surface area contributed by atoms with Crippen molar-refractivity contribution < 1.29 is 19.7 Å². The second-order valence-electron chi connectivity index (χ2n) is 4.94. The number of aromatic nitrogens is 2. The van der Waals surface area contributed by atoms with E-state index in [1.807, 2.05) is 0 Å². The molecule has 0 saturated carbocycles. The number of carbonyl (C=O) groups excluding carboxylic acids is 1. The fraction of sp³-hybridized carbons (Fsp3) is 0.231. The van der Waals surface area contributed by atoms with Crippen LogP contribution in [0, 0.1) is 34.1 Å². The molecular weight excluding hydrogens is 322 g/mol. The minimum atomic E-state index is -0.680. The Balaban J connectivity index is 2.16. The van der Waals surface area contributed by atoms with E-state index in [0.29, 0.717) is 0 Å². The molecule has 1 heterocycles. The molecule has 0 aliphatic heterocycles. The van der Waals surface area contributed by atoms with Gasteiger partial charge in [-0.1, -0.05) is 0 Å². The predicted molar refractivity (Wildman–Crippen MR) is 81.7 cm³/mol. The first kappa shape index (κ1) is 16.9. The van der Waals surface area contributed by atoms with Crippen LogP contribution >= 0.6 is 0 Å². The predicted octanol–water partition coefficient (Wildman–Crippen LogP) is 1.66. The van der Waals surface area contributed by atoms with Crippen LogP contribution in [0.5, 0.6) is 5.75 Å². The number of nitrogens with zero attached hydrogens (tertiary/aromatic N) is 4. The number of amides is 1. The highest BCUT2D eigenvalue weighted by Crippen LogP contribution is 2.28. The van der Waals surface area contributed by atoms with Crippen LogP contribution in [0.25, 0.3) is 0 Å². The standard InChI is InChI=1S/C13H13N5O6/c1-7-13(18(23)24)8(2)16(15-7)6-12(20)14-10-4-3-9(17(21)22)5-11(10)19/h3-5,19H,6H2,1-2H3,(H,14,20). The Hall–Kier alpha value is -3.50. The fourth-order valence-corrected chi connectivity index (χ4v) is 2.17. The molecule has 1 aromatic carbocycles. The van der Waals surface area contributed by atoms with Gasteiger partial charge in [0.1, 0.15) is 23.7 Å². The Labute approximate surface area is 134 Å². The number of rotatable bonds is 5. The maximum absolute atomic E-state index is 12.0. The highest BCUT2D eigenvalue weighted by molar-refractivity contribution is 5.92. The van der Waals surface area contributed by atoms with Gasteiger partial charge in [0.2, 0.25) is 5.91 Å². The summed E-state index contributed by atoms with van der Waals surface area (Å²) >= 11 is 0. The average molecular weight is 335 g/mol. The summed E-state index contributed by atoms with van der Waals surface area (Å²) in [6, 6.07) is 3.22. The van der Waals surface area contributed by atoms with E-state index in [4.69, 9.17) is 0 Å². The molecule has 0 aliphatic rings. The number of aryl methyl sites for hydroxylation is 1. The van der Waals surface area contributed by atoms with Gasteiger partial charge in [0.25, 0.3) is 5.69 Å². The van der Waals surface area contributed by atoms with Crippen LogP contribution in [0.15, 0.2) is 18.2 Å². The van der Waals surface area contributed by atoms with Crippen molar-refractivity contribution in [2.75, 3.05) is 5.32 Å². The number of benzene rings is 1. The lowest BCUT2D eigenvalue weighted by Crippen LogP contribution is -2.20. The van der Waals surface area contributed by atoms with Crippen molar-refractivity contribution in [1.82, 2.24) is 9.78 Å². The Kier molecular flexibility index (Phi) is 4.44. The molecule has 0 unspecified atom stereocenters. The van der Waals surface area contributed by atoms with Crippen molar-refractivity contribution in [2.45, 2.75) is 20.4 Å². The van der Waals surface area contributed by atoms with E-state index in [1.165, 1.54) is 24.6 Å². The van der Waals surface area contributed by atoms with Gasteiger partial charge in [-0.05, 0) is 19.9 Å². The third kappa shape index (κ3) is 3.29. The summed E-state index contributed by atoms with van der Waals surface area (Å²) in [4.78, 5) is 32.3. The average Bonchev–Trinajstić information content (AvgIpc) is 2.75. The quantitative estimate of drug-likeness (QED) is 0.478. The second-order valence-corrected chi connectivity index (χ2v) is 4.94. The van der Waals surface area contributed by atoms with Gasteiger partial charge in [-0.2, -0.15) is 5.10 Å².